The maximum absolute atomic E-state index is 12.1. The first-order valence-electron chi connectivity index (χ1n) is 13.8. The van der Waals surface area contributed by atoms with Gasteiger partial charge >= 0.3 is 0 Å². The van der Waals surface area contributed by atoms with Crippen molar-refractivity contribution in [2.24, 2.45) is 11.8 Å². The average molecular weight is 449 g/mol. The second-order valence-corrected chi connectivity index (χ2v) is 11.2. The zero-order chi connectivity index (χ0) is 22.9. The van der Waals surface area contributed by atoms with Crippen LogP contribution in [0.15, 0.2) is 0 Å². The lowest BCUT2D eigenvalue weighted by Gasteiger charge is -2.61. The van der Waals surface area contributed by atoms with Crippen LogP contribution in [0.25, 0.3) is 0 Å². The molecule has 0 unspecified atom stereocenters. The summed E-state index contributed by atoms with van der Waals surface area (Å²) in [5.74, 6) is 2.25. The normalized spacial score (nSPS) is 30.7. The van der Waals surface area contributed by atoms with E-state index < -0.39 is 0 Å². The Hall–Kier alpha value is -0.740. The molecule has 4 aliphatic carbocycles. The highest BCUT2D eigenvalue weighted by Gasteiger charge is 2.59. The molecular formula is C28H48O4. The van der Waals surface area contributed by atoms with E-state index in [9.17, 15) is 9.59 Å². The number of rotatable bonds is 18. The molecule has 0 aromatic carbocycles. The predicted octanol–water partition coefficient (Wildman–Crippen LogP) is 6.97. The van der Waals surface area contributed by atoms with Gasteiger partial charge in [-0.25, -0.2) is 0 Å². The fourth-order valence-corrected chi connectivity index (χ4v) is 6.94. The standard InChI is InChI=1S/C28H48O4/c1-3-5-7-11-25(29)13-9-15-31-27-18-23-17-24(19-27)21-28(20-23,22-27)32-16-10-14-26(30)12-8-6-4-2/h23-24H,3-22H2,1-2H3. The van der Waals surface area contributed by atoms with Crippen LogP contribution in [0, 0.1) is 11.8 Å². The van der Waals surface area contributed by atoms with Gasteiger partial charge in [-0.3, -0.25) is 9.59 Å². The molecule has 4 nitrogen and oxygen atoms in total. The smallest absolute Gasteiger partial charge is 0.132 e. The van der Waals surface area contributed by atoms with E-state index >= 15 is 0 Å². The first-order chi connectivity index (χ1) is 15.5. The van der Waals surface area contributed by atoms with E-state index in [0.717, 1.165) is 69.6 Å². The summed E-state index contributed by atoms with van der Waals surface area (Å²) in [4.78, 5) is 24.1. The number of hydrogen-bond acceptors (Lipinski definition) is 4. The van der Waals surface area contributed by atoms with E-state index in [1.54, 1.807) is 0 Å². The molecule has 0 aromatic rings. The van der Waals surface area contributed by atoms with E-state index in [-0.39, 0.29) is 11.2 Å². The van der Waals surface area contributed by atoms with Crippen LogP contribution in [-0.2, 0) is 19.1 Å². The maximum atomic E-state index is 12.1. The number of ether oxygens (including phenoxy) is 2. The molecule has 0 spiro atoms. The van der Waals surface area contributed by atoms with Gasteiger partial charge in [-0.05, 0) is 69.6 Å². The molecule has 4 saturated carbocycles. The molecule has 0 amide bonds. The van der Waals surface area contributed by atoms with Crippen molar-refractivity contribution in [1.29, 1.82) is 0 Å². The van der Waals surface area contributed by atoms with Crippen LogP contribution < -0.4 is 0 Å². The highest BCUT2D eigenvalue weighted by molar-refractivity contribution is 5.78. The van der Waals surface area contributed by atoms with Gasteiger partial charge in [-0.2, -0.15) is 0 Å². The second kappa shape index (κ2) is 12.6. The minimum absolute atomic E-state index is 0.0225. The summed E-state index contributed by atoms with van der Waals surface area (Å²) in [7, 11) is 0. The van der Waals surface area contributed by atoms with Gasteiger partial charge in [0.05, 0.1) is 11.2 Å². The molecule has 4 aliphatic rings. The molecule has 0 atom stereocenters. The molecule has 0 aliphatic heterocycles. The van der Waals surface area contributed by atoms with Gasteiger partial charge in [0, 0.05) is 45.3 Å². The lowest BCUT2D eigenvalue weighted by atomic mass is 9.52. The third-order valence-electron chi connectivity index (χ3n) is 8.09. The first-order valence-corrected chi connectivity index (χ1v) is 13.8. The molecule has 4 fully saturated rings. The fourth-order valence-electron chi connectivity index (χ4n) is 6.94. The fraction of sp³-hybridized carbons (Fsp3) is 0.929. The van der Waals surface area contributed by atoms with Crippen molar-refractivity contribution in [3.8, 4) is 0 Å². The van der Waals surface area contributed by atoms with Crippen LogP contribution in [0.3, 0.4) is 0 Å². The topological polar surface area (TPSA) is 52.6 Å². The van der Waals surface area contributed by atoms with Crippen LogP contribution in [0.1, 0.15) is 129 Å². The van der Waals surface area contributed by atoms with Crippen LogP contribution in [0.5, 0.6) is 0 Å². The summed E-state index contributed by atoms with van der Waals surface area (Å²) >= 11 is 0. The molecule has 4 rings (SSSR count). The van der Waals surface area contributed by atoms with Crippen LogP contribution in [0.4, 0.5) is 0 Å². The quantitative estimate of drug-likeness (QED) is 0.212. The monoisotopic (exact) mass is 448 g/mol. The van der Waals surface area contributed by atoms with E-state index in [0.29, 0.717) is 37.6 Å². The van der Waals surface area contributed by atoms with Gasteiger partial charge in [0.2, 0.25) is 0 Å². The molecule has 4 heteroatoms. The van der Waals surface area contributed by atoms with Crippen molar-refractivity contribution in [2.45, 2.75) is 141 Å². The summed E-state index contributed by atoms with van der Waals surface area (Å²) in [6.07, 6.45) is 18.3. The molecule has 0 aromatic heterocycles. The molecule has 0 heterocycles. The average Bonchev–Trinajstić information content (AvgIpc) is 2.74. The van der Waals surface area contributed by atoms with Gasteiger partial charge in [0.25, 0.3) is 0 Å². The summed E-state index contributed by atoms with van der Waals surface area (Å²) in [6, 6.07) is 0. The van der Waals surface area contributed by atoms with Crippen molar-refractivity contribution in [1.82, 2.24) is 0 Å². The highest BCUT2D eigenvalue weighted by atomic mass is 16.5. The molecule has 0 radical (unpaired) electrons. The Kier molecular flexibility index (Phi) is 10.2. The van der Waals surface area contributed by atoms with E-state index in [1.165, 1.54) is 44.9 Å². The molecule has 0 saturated heterocycles. The summed E-state index contributed by atoms with van der Waals surface area (Å²) in [6.45, 7) is 5.77. The van der Waals surface area contributed by atoms with Crippen LogP contribution >= 0.6 is 0 Å². The summed E-state index contributed by atoms with van der Waals surface area (Å²) in [5.41, 5.74) is -0.0450. The van der Waals surface area contributed by atoms with Crippen molar-refractivity contribution >= 4 is 11.6 Å². The molecular weight excluding hydrogens is 400 g/mol. The van der Waals surface area contributed by atoms with Crippen LogP contribution in [0.2, 0.25) is 0 Å². The van der Waals surface area contributed by atoms with Gasteiger partial charge < -0.3 is 9.47 Å². The number of Topliss-reactive ketones (excluding diaryl/α,β-unsaturated/α-hetero) is 2. The van der Waals surface area contributed by atoms with Gasteiger partial charge in [0.15, 0.2) is 0 Å². The summed E-state index contributed by atoms with van der Waals surface area (Å²) in [5, 5.41) is 0. The van der Waals surface area contributed by atoms with Crippen molar-refractivity contribution < 1.29 is 19.1 Å². The lowest BCUT2D eigenvalue weighted by Crippen LogP contribution is -2.61. The minimum atomic E-state index is -0.0225. The minimum Gasteiger partial charge on any atom is -0.375 e. The number of hydrogen-bond donors (Lipinski definition) is 0. The third kappa shape index (κ3) is 7.65. The Morgan fingerprint density at radius 1 is 0.656 bits per heavy atom. The van der Waals surface area contributed by atoms with E-state index in [2.05, 4.69) is 13.8 Å². The van der Waals surface area contributed by atoms with Crippen molar-refractivity contribution in [3.63, 3.8) is 0 Å². The van der Waals surface area contributed by atoms with Gasteiger partial charge in [0.1, 0.15) is 11.6 Å². The molecule has 184 valence electrons. The number of carbonyl (C=O) groups excluding carboxylic acids is 2. The van der Waals surface area contributed by atoms with Gasteiger partial charge in [-0.15, -0.1) is 0 Å². The Morgan fingerprint density at radius 2 is 1.06 bits per heavy atom. The predicted molar refractivity (Wildman–Crippen MR) is 129 cm³/mol. The van der Waals surface area contributed by atoms with Gasteiger partial charge in [-0.1, -0.05) is 39.5 Å². The Morgan fingerprint density at radius 3 is 1.47 bits per heavy atom. The number of unbranched alkanes of at least 4 members (excludes halogenated alkanes) is 4. The summed E-state index contributed by atoms with van der Waals surface area (Å²) < 4.78 is 13.1. The molecule has 32 heavy (non-hydrogen) atoms. The van der Waals surface area contributed by atoms with E-state index in [1.807, 2.05) is 0 Å². The zero-order valence-electron chi connectivity index (χ0n) is 20.9. The highest BCUT2D eigenvalue weighted by Crippen LogP contribution is 2.60. The van der Waals surface area contributed by atoms with Crippen molar-refractivity contribution in [3.05, 3.63) is 0 Å². The Bertz CT molecular complexity index is 536. The number of carbonyl (C=O) groups is 2. The lowest BCUT2D eigenvalue weighted by molar-refractivity contribution is -0.237. The van der Waals surface area contributed by atoms with Crippen LogP contribution in [-0.4, -0.2) is 36.0 Å². The second-order valence-electron chi connectivity index (χ2n) is 11.2. The Balaban J connectivity index is 1.39. The maximum Gasteiger partial charge on any atom is 0.132 e. The zero-order valence-corrected chi connectivity index (χ0v) is 20.9. The Labute approximate surface area is 196 Å². The van der Waals surface area contributed by atoms with Crippen molar-refractivity contribution in [2.75, 3.05) is 13.2 Å². The number of ketones is 2. The SMILES string of the molecule is CCCCCC(=O)CCCOC12CC3CC(C1)CC(OCCCC(=O)CCCCC)(C3)C2. The molecule has 4 bridgehead atoms. The largest absolute Gasteiger partial charge is 0.375 e. The first kappa shape index (κ1) is 25.9. The van der Waals surface area contributed by atoms with E-state index in [4.69, 9.17) is 9.47 Å². The molecule has 0 N–H and O–H groups in total. The third-order valence-corrected chi connectivity index (χ3v) is 8.09.